The molecule has 1 nitrogen and oxygen atoms in total. The molecule has 0 spiro atoms. The van der Waals surface area contributed by atoms with Crippen LogP contribution in [0.3, 0.4) is 0 Å². The molecular weight excluding hydrogens is 247 g/mol. The summed E-state index contributed by atoms with van der Waals surface area (Å²) in [4.78, 5) is 0.227. The Balaban J connectivity index is 2.45. The van der Waals surface area contributed by atoms with Gasteiger partial charge in [-0.05, 0) is 41.9 Å². The van der Waals surface area contributed by atoms with Gasteiger partial charge in [-0.2, -0.15) is 13.2 Å². The van der Waals surface area contributed by atoms with Crippen LogP contribution in [0.4, 0.5) is 13.2 Å². The van der Waals surface area contributed by atoms with Gasteiger partial charge >= 0.3 is 5.51 Å². The van der Waals surface area contributed by atoms with Gasteiger partial charge < -0.3 is 5.32 Å². The minimum atomic E-state index is -4.21. The molecule has 0 aliphatic carbocycles. The normalized spacial score (nSPS) is 12.1. The van der Waals surface area contributed by atoms with E-state index in [-0.39, 0.29) is 16.7 Å². The van der Waals surface area contributed by atoms with Crippen LogP contribution in [0, 0.1) is 5.92 Å². The van der Waals surface area contributed by atoms with Crippen LogP contribution in [0.2, 0.25) is 0 Å². The van der Waals surface area contributed by atoms with Crippen molar-refractivity contribution in [2.75, 3.05) is 6.54 Å². The molecule has 17 heavy (non-hydrogen) atoms. The van der Waals surface area contributed by atoms with Crippen LogP contribution >= 0.6 is 11.8 Å². The standard InChI is InChI=1S/C12H16F3NS/c1-9(2)7-16-8-10-3-5-11(6-4-10)17-12(13,14)15/h3-6,9,16H,7-8H2,1-2H3. The number of hydrogen-bond donors (Lipinski definition) is 1. The van der Waals surface area contributed by atoms with E-state index >= 15 is 0 Å². The zero-order valence-electron chi connectivity index (χ0n) is 9.84. The Morgan fingerprint density at radius 2 is 1.76 bits per heavy atom. The van der Waals surface area contributed by atoms with Crippen molar-refractivity contribution in [3.05, 3.63) is 29.8 Å². The fourth-order valence-corrected chi connectivity index (χ4v) is 1.85. The predicted octanol–water partition coefficient (Wildman–Crippen LogP) is 4.04. The van der Waals surface area contributed by atoms with Gasteiger partial charge in [-0.3, -0.25) is 0 Å². The first-order valence-corrected chi connectivity index (χ1v) is 6.24. The molecule has 1 rings (SSSR count). The summed E-state index contributed by atoms with van der Waals surface area (Å²) < 4.78 is 36.3. The predicted molar refractivity (Wildman–Crippen MR) is 64.9 cm³/mol. The van der Waals surface area contributed by atoms with Crippen molar-refractivity contribution >= 4 is 11.8 Å². The maximum Gasteiger partial charge on any atom is 0.446 e. The molecular formula is C12H16F3NS. The molecule has 0 aromatic heterocycles. The monoisotopic (exact) mass is 263 g/mol. The second kappa shape index (κ2) is 6.31. The molecule has 5 heteroatoms. The van der Waals surface area contributed by atoms with Gasteiger partial charge in [-0.1, -0.05) is 26.0 Å². The van der Waals surface area contributed by atoms with Gasteiger partial charge in [-0.25, -0.2) is 0 Å². The van der Waals surface area contributed by atoms with Crippen molar-refractivity contribution in [3.8, 4) is 0 Å². The van der Waals surface area contributed by atoms with E-state index in [2.05, 4.69) is 19.2 Å². The highest BCUT2D eigenvalue weighted by Crippen LogP contribution is 2.36. The van der Waals surface area contributed by atoms with E-state index in [1.54, 1.807) is 12.1 Å². The number of thioether (sulfide) groups is 1. The van der Waals surface area contributed by atoms with Gasteiger partial charge in [-0.15, -0.1) is 0 Å². The van der Waals surface area contributed by atoms with Crippen molar-refractivity contribution in [2.45, 2.75) is 30.8 Å². The number of rotatable bonds is 5. The molecule has 96 valence electrons. The van der Waals surface area contributed by atoms with Crippen molar-refractivity contribution in [2.24, 2.45) is 5.92 Å². The summed E-state index contributed by atoms with van der Waals surface area (Å²) in [5.74, 6) is 0.565. The number of benzene rings is 1. The summed E-state index contributed by atoms with van der Waals surface area (Å²) >= 11 is -0.0822. The lowest BCUT2D eigenvalue weighted by molar-refractivity contribution is -0.0328. The third-order valence-corrected chi connectivity index (χ3v) is 2.78. The Hall–Kier alpha value is -0.680. The van der Waals surface area contributed by atoms with Crippen molar-refractivity contribution in [3.63, 3.8) is 0 Å². The summed E-state index contributed by atoms with van der Waals surface area (Å²) in [7, 11) is 0. The van der Waals surface area contributed by atoms with Crippen LogP contribution in [0.5, 0.6) is 0 Å². The molecule has 0 aliphatic heterocycles. The van der Waals surface area contributed by atoms with E-state index in [0.29, 0.717) is 12.5 Å². The lowest BCUT2D eigenvalue weighted by Crippen LogP contribution is -2.18. The van der Waals surface area contributed by atoms with Crippen LogP contribution in [0.25, 0.3) is 0 Å². The molecule has 1 aromatic rings. The molecule has 0 bridgehead atoms. The topological polar surface area (TPSA) is 12.0 Å². The minimum absolute atomic E-state index is 0.0822. The van der Waals surface area contributed by atoms with Crippen LogP contribution in [0.15, 0.2) is 29.2 Å². The van der Waals surface area contributed by atoms with Crippen LogP contribution in [0.1, 0.15) is 19.4 Å². The first-order valence-electron chi connectivity index (χ1n) is 5.42. The molecule has 0 saturated carbocycles. The van der Waals surface area contributed by atoms with Gasteiger partial charge in [0.05, 0.1) is 0 Å². The zero-order valence-corrected chi connectivity index (χ0v) is 10.7. The van der Waals surface area contributed by atoms with E-state index in [1.807, 2.05) is 0 Å². The first-order chi connectivity index (χ1) is 7.87. The van der Waals surface area contributed by atoms with E-state index in [0.717, 1.165) is 12.1 Å². The highest BCUT2D eigenvalue weighted by atomic mass is 32.2. The SMILES string of the molecule is CC(C)CNCc1ccc(SC(F)(F)F)cc1. The largest absolute Gasteiger partial charge is 0.446 e. The second-order valence-corrected chi connectivity index (χ2v) is 5.35. The van der Waals surface area contributed by atoms with Crippen LogP contribution in [-0.4, -0.2) is 12.1 Å². The molecule has 0 fully saturated rings. The van der Waals surface area contributed by atoms with Crippen LogP contribution in [-0.2, 0) is 6.54 Å². The first kappa shape index (κ1) is 14.4. The van der Waals surface area contributed by atoms with E-state index in [1.165, 1.54) is 12.1 Å². The molecule has 1 aromatic carbocycles. The number of hydrogen-bond acceptors (Lipinski definition) is 2. The number of nitrogens with one attached hydrogen (secondary N) is 1. The molecule has 0 atom stereocenters. The van der Waals surface area contributed by atoms with Crippen molar-refractivity contribution in [1.82, 2.24) is 5.32 Å². The van der Waals surface area contributed by atoms with Gasteiger partial charge in [0, 0.05) is 11.4 Å². The van der Waals surface area contributed by atoms with Gasteiger partial charge in [0.1, 0.15) is 0 Å². The third-order valence-electron chi connectivity index (χ3n) is 2.04. The van der Waals surface area contributed by atoms with Gasteiger partial charge in [0.2, 0.25) is 0 Å². The summed E-state index contributed by atoms with van der Waals surface area (Å²) in [6.45, 7) is 5.81. The fourth-order valence-electron chi connectivity index (χ4n) is 1.31. The zero-order chi connectivity index (χ0) is 12.9. The van der Waals surface area contributed by atoms with Gasteiger partial charge in [0.25, 0.3) is 0 Å². The molecule has 0 heterocycles. The summed E-state index contributed by atoms with van der Waals surface area (Å²) in [5.41, 5.74) is -3.21. The Bertz CT molecular complexity index is 333. The maximum atomic E-state index is 12.1. The van der Waals surface area contributed by atoms with E-state index in [4.69, 9.17) is 0 Å². The van der Waals surface area contributed by atoms with Crippen LogP contribution < -0.4 is 5.32 Å². The van der Waals surface area contributed by atoms with Crippen molar-refractivity contribution in [1.29, 1.82) is 0 Å². The molecule has 0 saturated heterocycles. The lowest BCUT2D eigenvalue weighted by atomic mass is 10.2. The van der Waals surface area contributed by atoms with E-state index < -0.39 is 5.51 Å². The van der Waals surface area contributed by atoms with Gasteiger partial charge in [0.15, 0.2) is 0 Å². The summed E-state index contributed by atoms with van der Waals surface area (Å²) in [6, 6.07) is 6.46. The minimum Gasteiger partial charge on any atom is -0.312 e. The molecule has 0 aliphatic rings. The number of alkyl halides is 3. The Kier molecular flexibility index (Phi) is 5.33. The molecule has 0 amide bonds. The average Bonchev–Trinajstić information content (AvgIpc) is 2.18. The Morgan fingerprint density at radius 1 is 1.18 bits per heavy atom. The maximum absolute atomic E-state index is 12.1. The van der Waals surface area contributed by atoms with E-state index in [9.17, 15) is 13.2 Å². The smallest absolute Gasteiger partial charge is 0.312 e. The van der Waals surface area contributed by atoms with Crippen molar-refractivity contribution < 1.29 is 13.2 Å². The molecule has 1 N–H and O–H groups in total. The Labute approximate surface area is 104 Å². The highest BCUT2D eigenvalue weighted by Gasteiger charge is 2.28. The Morgan fingerprint density at radius 3 is 2.24 bits per heavy atom. The summed E-state index contributed by atoms with van der Waals surface area (Å²) in [5, 5.41) is 3.24. The lowest BCUT2D eigenvalue weighted by Gasteiger charge is -2.09. The summed E-state index contributed by atoms with van der Waals surface area (Å²) in [6.07, 6.45) is 0. The third kappa shape index (κ3) is 6.58. The highest BCUT2D eigenvalue weighted by molar-refractivity contribution is 8.00. The second-order valence-electron chi connectivity index (χ2n) is 4.22. The average molecular weight is 263 g/mol. The molecule has 0 unspecified atom stereocenters. The number of halogens is 3. The quantitative estimate of drug-likeness (QED) is 0.804. The fraction of sp³-hybridized carbons (Fsp3) is 0.500. The molecule has 0 radical (unpaired) electrons.